The van der Waals surface area contributed by atoms with E-state index in [4.69, 9.17) is 0 Å². The van der Waals surface area contributed by atoms with E-state index in [2.05, 4.69) is 27.7 Å². The third-order valence-corrected chi connectivity index (χ3v) is 3.73. The van der Waals surface area contributed by atoms with Crippen molar-refractivity contribution in [2.24, 2.45) is 5.92 Å². The SMILES string of the molecule is CCC(C)SCC(=O)CCCC(C)C. The van der Waals surface area contributed by atoms with Gasteiger partial charge in [0.05, 0.1) is 5.75 Å². The lowest BCUT2D eigenvalue weighted by atomic mass is 10.1. The summed E-state index contributed by atoms with van der Waals surface area (Å²) >= 11 is 1.79. The Morgan fingerprint density at radius 1 is 1.29 bits per heavy atom. The summed E-state index contributed by atoms with van der Waals surface area (Å²) in [6.07, 6.45) is 4.18. The lowest BCUT2D eigenvalue weighted by Crippen LogP contribution is -2.05. The van der Waals surface area contributed by atoms with Gasteiger partial charge in [-0.05, 0) is 18.8 Å². The van der Waals surface area contributed by atoms with E-state index in [1.165, 1.54) is 6.42 Å². The minimum absolute atomic E-state index is 0.427. The number of hydrogen-bond acceptors (Lipinski definition) is 2. The van der Waals surface area contributed by atoms with Crippen molar-refractivity contribution in [3.63, 3.8) is 0 Å². The molecule has 14 heavy (non-hydrogen) atoms. The zero-order valence-electron chi connectivity index (χ0n) is 10.0. The Morgan fingerprint density at radius 2 is 1.93 bits per heavy atom. The fraction of sp³-hybridized carbons (Fsp3) is 0.917. The molecule has 0 fully saturated rings. The molecule has 0 N–H and O–H groups in total. The largest absolute Gasteiger partial charge is 0.299 e. The van der Waals surface area contributed by atoms with Crippen LogP contribution in [0.25, 0.3) is 0 Å². The summed E-state index contributed by atoms with van der Waals surface area (Å²) in [6.45, 7) is 8.77. The smallest absolute Gasteiger partial charge is 0.142 e. The van der Waals surface area contributed by atoms with Gasteiger partial charge in [-0.25, -0.2) is 0 Å². The molecule has 0 amide bonds. The summed E-state index contributed by atoms with van der Waals surface area (Å²) in [5, 5.41) is 0.629. The Hall–Kier alpha value is 0.0200. The maximum atomic E-state index is 11.4. The molecule has 0 aliphatic carbocycles. The van der Waals surface area contributed by atoms with Crippen LogP contribution >= 0.6 is 11.8 Å². The molecule has 0 bridgehead atoms. The molecule has 1 atom stereocenters. The normalized spacial score (nSPS) is 13.2. The van der Waals surface area contributed by atoms with E-state index >= 15 is 0 Å². The average molecular weight is 216 g/mol. The molecule has 0 saturated carbocycles. The molecule has 0 radical (unpaired) electrons. The molecule has 0 spiro atoms. The van der Waals surface area contributed by atoms with Crippen LogP contribution in [0.2, 0.25) is 0 Å². The Bertz CT molecular complexity index is 154. The van der Waals surface area contributed by atoms with Crippen LogP contribution < -0.4 is 0 Å². The fourth-order valence-electron chi connectivity index (χ4n) is 1.13. The average Bonchev–Trinajstić information content (AvgIpc) is 2.13. The molecule has 2 heteroatoms. The molecule has 1 nitrogen and oxygen atoms in total. The summed E-state index contributed by atoms with van der Waals surface area (Å²) in [7, 11) is 0. The van der Waals surface area contributed by atoms with Gasteiger partial charge in [0.2, 0.25) is 0 Å². The molecule has 0 rings (SSSR count). The summed E-state index contributed by atoms with van der Waals surface area (Å²) in [4.78, 5) is 11.4. The highest BCUT2D eigenvalue weighted by atomic mass is 32.2. The van der Waals surface area contributed by atoms with Gasteiger partial charge in [0, 0.05) is 11.7 Å². The van der Waals surface area contributed by atoms with Crippen LogP contribution in [0.5, 0.6) is 0 Å². The van der Waals surface area contributed by atoms with Crippen LogP contribution in [0.1, 0.15) is 53.4 Å². The van der Waals surface area contributed by atoms with Crippen molar-refractivity contribution in [3.05, 3.63) is 0 Å². The summed E-state index contributed by atoms with van der Waals surface area (Å²) in [5.41, 5.74) is 0. The fourth-order valence-corrected chi connectivity index (χ4v) is 1.98. The van der Waals surface area contributed by atoms with Crippen LogP contribution in [0.4, 0.5) is 0 Å². The Labute approximate surface area is 93.0 Å². The molecule has 1 unspecified atom stereocenters. The Kier molecular flexibility index (Phi) is 8.35. The predicted octanol–water partition coefficient (Wildman–Crippen LogP) is 3.91. The minimum Gasteiger partial charge on any atom is -0.299 e. The highest BCUT2D eigenvalue weighted by Crippen LogP contribution is 2.15. The van der Waals surface area contributed by atoms with Gasteiger partial charge < -0.3 is 0 Å². The first kappa shape index (κ1) is 14.0. The van der Waals surface area contributed by atoms with Crippen molar-refractivity contribution in [2.45, 2.75) is 58.6 Å². The van der Waals surface area contributed by atoms with Gasteiger partial charge in [0.15, 0.2) is 0 Å². The van der Waals surface area contributed by atoms with Gasteiger partial charge in [-0.1, -0.05) is 34.1 Å². The van der Waals surface area contributed by atoms with E-state index in [0.29, 0.717) is 16.8 Å². The maximum absolute atomic E-state index is 11.4. The van der Waals surface area contributed by atoms with Crippen molar-refractivity contribution < 1.29 is 4.79 Å². The molecule has 84 valence electrons. The van der Waals surface area contributed by atoms with Crippen LogP contribution in [0.15, 0.2) is 0 Å². The molecular weight excluding hydrogens is 192 g/mol. The zero-order chi connectivity index (χ0) is 11.0. The highest BCUT2D eigenvalue weighted by molar-refractivity contribution is 8.00. The summed E-state index contributed by atoms with van der Waals surface area (Å²) < 4.78 is 0. The van der Waals surface area contributed by atoms with Crippen LogP contribution in [0, 0.1) is 5.92 Å². The van der Waals surface area contributed by atoms with Crippen molar-refractivity contribution in [3.8, 4) is 0 Å². The van der Waals surface area contributed by atoms with Gasteiger partial charge in [0.25, 0.3) is 0 Å². The maximum Gasteiger partial charge on any atom is 0.142 e. The number of hydrogen-bond donors (Lipinski definition) is 0. The number of thioether (sulfide) groups is 1. The Balaban J connectivity index is 3.37. The molecule has 0 aromatic carbocycles. The van der Waals surface area contributed by atoms with Gasteiger partial charge in [-0.15, -0.1) is 0 Å². The molecule has 0 aromatic rings. The lowest BCUT2D eigenvalue weighted by Gasteiger charge is -2.07. The molecule has 0 saturated heterocycles. The van der Waals surface area contributed by atoms with E-state index in [1.54, 1.807) is 11.8 Å². The first-order chi connectivity index (χ1) is 6.56. The monoisotopic (exact) mass is 216 g/mol. The van der Waals surface area contributed by atoms with Gasteiger partial charge in [0.1, 0.15) is 5.78 Å². The van der Waals surface area contributed by atoms with E-state index < -0.39 is 0 Å². The van der Waals surface area contributed by atoms with Crippen molar-refractivity contribution in [2.75, 3.05) is 5.75 Å². The highest BCUT2D eigenvalue weighted by Gasteiger charge is 2.05. The summed E-state index contributed by atoms with van der Waals surface area (Å²) in [5.74, 6) is 1.87. The number of carbonyl (C=O) groups is 1. The lowest BCUT2D eigenvalue weighted by molar-refractivity contribution is -0.116. The van der Waals surface area contributed by atoms with Crippen LogP contribution in [-0.2, 0) is 4.79 Å². The third kappa shape index (κ3) is 8.61. The van der Waals surface area contributed by atoms with Crippen molar-refractivity contribution in [1.29, 1.82) is 0 Å². The van der Waals surface area contributed by atoms with Gasteiger partial charge in [-0.3, -0.25) is 4.79 Å². The van der Waals surface area contributed by atoms with E-state index in [1.807, 2.05) is 0 Å². The zero-order valence-corrected chi connectivity index (χ0v) is 10.8. The third-order valence-electron chi connectivity index (χ3n) is 2.34. The molecule has 0 heterocycles. The quantitative estimate of drug-likeness (QED) is 0.612. The predicted molar refractivity (Wildman–Crippen MR) is 65.9 cm³/mol. The van der Waals surface area contributed by atoms with Crippen LogP contribution in [-0.4, -0.2) is 16.8 Å². The second kappa shape index (κ2) is 8.34. The first-order valence-corrected chi connectivity index (χ1v) is 6.74. The molecule has 0 aliphatic heterocycles. The number of carbonyl (C=O) groups excluding carboxylic acids is 1. The second-order valence-electron chi connectivity index (χ2n) is 4.35. The molecular formula is C12H24OS. The van der Waals surface area contributed by atoms with Gasteiger partial charge in [-0.2, -0.15) is 11.8 Å². The van der Waals surface area contributed by atoms with E-state index in [9.17, 15) is 4.79 Å². The molecule has 0 aliphatic rings. The minimum atomic E-state index is 0.427. The van der Waals surface area contributed by atoms with Crippen molar-refractivity contribution >= 4 is 17.5 Å². The van der Waals surface area contributed by atoms with E-state index in [-0.39, 0.29) is 0 Å². The number of rotatable bonds is 8. The first-order valence-electron chi connectivity index (χ1n) is 5.69. The van der Waals surface area contributed by atoms with Crippen molar-refractivity contribution in [1.82, 2.24) is 0 Å². The van der Waals surface area contributed by atoms with Gasteiger partial charge >= 0.3 is 0 Å². The Morgan fingerprint density at radius 3 is 2.43 bits per heavy atom. The van der Waals surface area contributed by atoms with Crippen LogP contribution in [0.3, 0.4) is 0 Å². The standard InChI is InChI=1S/C12H24OS/c1-5-11(4)14-9-12(13)8-6-7-10(2)3/h10-11H,5-9H2,1-4H3. The summed E-state index contributed by atoms with van der Waals surface area (Å²) in [6, 6.07) is 0. The van der Waals surface area contributed by atoms with E-state index in [0.717, 1.165) is 25.2 Å². The number of Topliss-reactive ketones (excluding diaryl/α,β-unsaturated/α-hetero) is 1. The molecule has 0 aromatic heterocycles. The topological polar surface area (TPSA) is 17.1 Å². The number of ketones is 1. The second-order valence-corrected chi connectivity index (χ2v) is 5.78.